The molecule has 0 saturated carbocycles. The van der Waals surface area contributed by atoms with E-state index in [1.54, 1.807) is 36.9 Å². The molecule has 26 heavy (non-hydrogen) atoms. The molecule has 3 aromatic rings. The third-order valence-electron chi connectivity index (χ3n) is 3.61. The van der Waals surface area contributed by atoms with Gasteiger partial charge < -0.3 is 14.8 Å². The number of ether oxygens (including phenoxy) is 2. The van der Waals surface area contributed by atoms with E-state index in [1.165, 1.54) is 0 Å². The number of halogens is 1. The number of benzene rings is 1. The summed E-state index contributed by atoms with van der Waals surface area (Å²) in [5.74, 6) is 1.24. The minimum Gasteiger partial charge on any atom is -0.493 e. The number of thiophene rings is 1. The number of rotatable bonds is 7. The Balaban J connectivity index is 1.57. The van der Waals surface area contributed by atoms with E-state index in [0.717, 1.165) is 25.6 Å². The predicted octanol–water partition coefficient (Wildman–Crippen LogP) is 4.51. The van der Waals surface area contributed by atoms with Crippen molar-refractivity contribution in [3.8, 4) is 21.4 Å². The molecule has 0 unspecified atom stereocenters. The zero-order chi connectivity index (χ0) is 18.5. The molecule has 0 spiro atoms. The molecule has 1 N–H and O–H groups in total. The summed E-state index contributed by atoms with van der Waals surface area (Å²) in [5, 5.41) is 7.80. The Bertz CT molecular complexity index is 907. The largest absolute Gasteiger partial charge is 0.493 e. The average Bonchev–Trinajstić information content (AvgIpc) is 3.28. The molecule has 0 atom stereocenters. The molecule has 0 aliphatic carbocycles. The van der Waals surface area contributed by atoms with Crippen LogP contribution >= 0.6 is 38.6 Å². The topological polar surface area (TPSA) is 60.5 Å². The zero-order valence-corrected chi connectivity index (χ0v) is 17.5. The first kappa shape index (κ1) is 18.9. The van der Waals surface area contributed by atoms with Crippen LogP contribution in [0.4, 0.5) is 0 Å². The second kappa shape index (κ2) is 8.66. The van der Waals surface area contributed by atoms with Crippen molar-refractivity contribution in [2.75, 3.05) is 14.2 Å². The van der Waals surface area contributed by atoms with Gasteiger partial charge in [-0.25, -0.2) is 4.98 Å². The Labute approximate surface area is 168 Å². The van der Waals surface area contributed by atoms with Crippen LogP contribution in [0.2, 0.25) is 0 Å². The summed E-state index contributed by atoms with van der Waals surface area (Å²) in [4.78, 5) is 17.9. The molecule has 136 valence electrons. The molecule has 0 radical (unpaired) electrons. The van der Waals surface area contributed by atoms with E-state index in [1.807, 2.05) is 35.0 Å². The van der Waals surface area contributed by atoms with Crippen LogP contribution in [0.5, 0.6) is 11.5 Å². The van der Waals surface area contributed by atoms with Gasteiger partial charge in [0.2, 0.25) is 5.91 Å². The van der Waals surface area contributed by atoms with Gasteiger partial charge in [0.15, 0.2) is 11.5 Å². The van der Waals surface area contributed by atoms with Gasteiger partial charge in [0, 0.05) is 21.8 Å². The number of thiazole rings is 1. The summed E-state index contributed by atoms with van der Waals surface area (Å²) in [5.41, 5.74) is 1.72. The SMILES string of the molecule is COc1ccc(CNC(=O)Cc2csc(-c3cc(Br)cs3)n2)cc1OC. The second-order valence-corrected chi connectivity index (χ2v) is 8.10. The molecule has 3 rings (SSSR count). The van der Waals surface area contributed by atoms with Crippen molar-refractivity contribution in [2.24, 2.45) is 0 Å². The molecule has 8 heteroatoms. The van der Waals surface area contributed by atoms with Crippen LogP contribution in [0.3, 0.4) is 0 Å². The lowest BCUT2D eigenvalue weighted by atomic mass is 10.2. The molecular weight excluding hydrogens is 436 g/mol. The highest BCUT2D eigenvalue weighted by atomic mass is 79.9. The summed E-state index contributed by atoms with van der Waals surface area (Å²) in [7, 11) is 3.18. The monoisotopic (exact) mass is 452 g/mol. The minimum absolute atomic E-state index is 0.0657. The Morgan fingerprint density at radius 2 is 1.96 bits per heavy atom. The third kappa shape index (κ3) is 4.63. The van der Waals surface area contributed by atoms with E-state index < -0.39 is 0 Å². The number of amides is 1. The molecule has 0 bridgehead atoms. The Morgan fingerprint density at radius 1 is 1.15 bits per heavy atom. The third-order valence-corrected chi connectivity index (χ3v) is 6.36. The van der Waals surface area contributed by atoms with Crippen LogP contribution in [0.15, 0.2) is 39.5 Å². The number of nitrogens with one attached hydrogen (secondary N) is 1. The standard InChI is InChI=1S/C18H17BrN2O3S2/c1-23-14-4-3-11(5-15(14)24-2)8-20-17(22)7-13-10-26-18(21-13)16-6-12(19)9-25-16/h3-6,9-10H,7-8H2,1-2H3,(H,20,22). The number of methoxy groups -OCH3 is 2. The molecule has 5 nitrogen and oxygen atoms in total. The van der Waals surface area contributed by atoms with E-state index >= 15 is 0 Å². The van der Waals surface area contributed by atoms with E-state index in [-0.39, 0.29) is 12.3 Å². The maximum atomic E-state index is 12.2. The van der Waals surface area contributed by atoms with Crippen molar-refractivity contribution >= 4 is 44.5 Å². The van der Waals surface area contributed by atoms with E-state index in [0.29, 0.717) is 18.0 Å². The number of hydrogen-bond donors (Lipinski definition) is 1. The fourth-order valence-corrected chi connectivity index (χ4v) is 4.67. The fraction of sp³-hybridized carbons (Fsp3) is 0.222. The fourth-order valence-electron chi connectivity index (χ4n) is 2.34. The summed E-state index contributed by atoms with van der Waals surface area (Å²) < 4.78 is 11.5. The Hall–Kier alpha value is -1.90. The quantitative estimate of drug-likeness (QED) is 0.572. The van der Waals surface area contributed by atoms with E-state index in [2.05, 4.69) is 26.2 Å². The van der Waals surface area contributed by atoms with Gasteiger partial charge in [0.25, 0.3) is 0 Å². The van der Waals surface area contributed by atoms with Crippen LogP contribution in [0, 0.1) is 0 Å². The molecule has 2 heterocycles. The molecule has 1 aromatic carbocycles. The molecule has 0 fully saturated rings. The summed E-state index contributed by atoms with van der Waals surface area (Å²) in [6.45, 7) is 0.425. The molecule has 0 aliphatic rings. The number of nitrogens with zero attached hydrogens (tertiary/aromatic N) is 1. The molecular formula is C18H17BrN2O3S2. The highest BCUT2D eigenvalue weighted by molar-refractivity contribution is 9.10. The van der Waals surface area contributed by atoms with Crippen molar-refractivity contribution < 1.29 is 14.3 Å². The predicted molar refractivity (Wildman–Crippen MR) is 108 cm³/mol. The van der Waals surface area contributed by atoms with Gasteiger partial charge in [0.05, 0.1) is 31.2 Å². The van der Waals surface area contributed by atoms with Crippen LogP contribution in [-0.4, -0.2) is 25.1 Å². The Kier molecular flexibility index (Phi) is 6.29. The van der Waals surface area contributed by atoms with Gasteiger partial charge in [-0.1, -0.05) is 6.07 Å². The maximum Gasteiger partial charge on any atom is 0.226 e. The van der Waals surface area contributed by atoms with E-state index in [4.69, 9.17) is 9.47 Å². The first-order valence-electron chi connectivity index (χ1n) is 7.75. The lowest BCUT2D eigenvalue weighted by Gasteiger charge is -2.10. The van der Waals surface area contributed by atoms with Gasteiger partial charge in [-0.15, -0.1) is 22.7 Å². The van der Waals surface area contributed by atoms with Crippen molar-refractivity contribution in [3.63, 3.8) is 0 Å². The molecule has 1 amide bonds. The minimum atomic E-state index is -0.0657. The number of carbonyl (C=O) groups excluding carboxylic acids is 1. The second-order valence-electron chi connectivity index (χ2n) is 5.42. The normalized spacial score (nSPS) is 10.6. The molecule has 2 aromatic heterocycles. The summed E-state index contributed by atoms with van der Waals surface area (Å²) in [6, 6.07) is 7.61. The smallest absolute Gasteiger partial charge is 0.226 e. The van der Waals surface area contributed by atoms with Crippen LogP contribution in [-0.2, 0) is 17.8 Å². The highest BCUT2D eigenvalue weighted by Crippen LogP contribution is 2.32. The molecule has 0 aliphatic heterocycles. The number of carbonyl (C=O) groups is 1. The van der Waals surface area contributed by atoms with Crippen LogP contribution in [0.25, 0.3) is 9.88 Å². The summed E-state index contributed by atoms with van der Waals surface area (Å²) >= 11 is 6.62. The zero-order valence-electron chi connectivity index (χ0n) is 14.2. The van der Waals surface area contributed by atoms with Gasteiger partial charge in [-0.2, -0.15) is 0 Å². The lowest BCUT2D eigenvalue weighted by molar-refractivity contribution is -0.120. The average molecular weight is 453 g/mol. The number of hydrogen-bond acceptors (Lipinski definition) is 6. The summed E-state index contributed by atoms with van der Waals surface area (Å²) in [6.07, 6.45) is 0.260. The maximum absolute atomic E-state index is 12.2. The van der Waals surface area contributed by atoms with Crippen LogP contribution < -0.4 is 14.8 Å². The van der Waals surface area contributed by atoms with Crippen molar-refractivity contribution in [1.29, 1.82) is 0 Å². The first-order valence-corrected chi connectivity index (χ1v) is 10.3. The van der Waals surface area contributed by atoms with Crippen molar-refractivity contribution in [3.05, 3.63) is 50.8 Å². The van der Waals surface area contributed by atoms with Gasteiger partial charge in [0.1, 0.15) is 5.01 Å². The highest BCUT2D eigenvalue weighted by Gasteiger charge is 2.11. The van der Waals surface area contributed by atoms with Crippen molar-refractivity contribution in [2.45, 2.75) is 13.0 Å². The Morgan fingerprint density at radius 3 is 2.65 bits per heavy atom. The van der Waals surface area contributed by atoms with E-state index in [9.17, 15) is 4.79 Å². The van der Waals surface area contributed by atoms with Gasteiger partial charge in [-0.3, -0.25) is 4.79 Å². The van der Waals surface area contributed by atoms with Gasteiger partial charge in [-0.05, 0) is 39.7 Å². The van der Waals surface area contributed by atoms with Crippen LogP contribution in [0.1, 0.15) is 11.3 Å². The first-order chi connectivity index (χ1) is 12.6. The van der Waals surface area contributed by atoms with Crippen molar-refractivity contribution in [1.82, 2.24) is 10.3 Å². The molecule has 0 saturated heterocycles. The van der Waals surface area contributed by atoms with Gasteiger partial charge >= 0.3 is 0 Å². The lowest BCUT2D eigenvalue weighted by Crippen LogP contribution is -2.24. The number of aromatic nitrogens is 1.